The van der Waals surface area contributed by atoms with E-state index in [-0.39, 0.29) is 6.04 Å². The van der Waals surface area contributed by atoms with Crippen LogP contribution in [0.2, 0.25) is 0 Å². The zero-order valence-corrected chi connectivity index (χ0v) is 14.3. The number of hydrogen-bond acceptors (Lipinski definition) is 4. The lowest BCUT2D eigenvalue weighted by molar-refractivity contribution is 0.555. The average Bonchev–Trinajstić information content (AvgIpc) is 3.08. The second-order valence-electron chi connectivity index (χ2n) is 5.47. The van der Waals surface area contributed by atoms with Crippen LogP contribution in [0.1, 0.15) is 38.3 Å². The molecule has 0 aliphatic heterocycles. The number of H-pyrrole nitrogens is 1. The Hall–Kier alpha value is -0.500. The van der Waals surface area contributed by atoms with Crippen LogP contribution in [0.25, 0.3) is 0 Å². The molecule has 1 aromatic rings. The van der Waals surface area contributed by atoms with Gasteiger partial charge in [-0.3, -0.25) is 0 Å². The molecule has 0 saturated heterocycles. The number of hydrogen-bond donors (Lipinski definition) is 3. The van der Waals surface area contributed by atoms with Gasteiger partial charge in [-0.2, -0.15) is 11.8 Å². The van der Waals surface area contributed by atoms with Crippen LogP contribution in [0.5, 0.6) is 0 Å². The normalized spacial score (nSPS) is 22.8. The van der Waals surface area contributed by atoms with Crippen LogP contribution in [0.15, 0.2) is 17.2 Å². The zero-order valence-electron chi connectivity index (χ0n) is 12.7. The van der Waals surface area contributed by atoms with Crippen molar-refractivity contribution in [2.24, 2.45) is 0 Å². The molecule has 2 rings (SSSR count). The maximum Gasteiger partial charge on any atom is 0.242 e. The minimum atomic E-state index is -3.42. The monoisotopic (exact) mass is 331 g/mol. The van der Waals surface area contributed by atoms with Crippen LogP contribution in [-0.2, 0) is 16.6 Å². The summed E-state index contributed by atoms with van der Waals surface area (Å²) >= 11 is 1.75. The summed E-state index contributed by atoms with van der Waals surface area (Å²) in [6.07, 6.45) is 7.80. The molecule has 2 atom stereocenters. The van der Waals surface area contributed by atoms with Gasteiger partial charge in [0.15, 0.2) is 0 Å². The number of aromatic amines is 1. The Morgan fingerprint density at radius 1 is 1.43 bits per heavy atom. The molecule has 1 aromatic heterocycles. The van der Waals surface area contributed by atoms with Gasteiger partial charge in [0.05, 0.1) is 4.90 Å². The van der Waals surface area contributed by atoms with Crippen molar-refractivity contribution < 1.29 is 8.42 Å². The second-order valence-corrected chi connectivity index (χ2v) is 8.26. The highest BCUT2D eigenvalue weighted by Gasteiger charge is 2.31. The molecule has 1 heterocycles. The van der Waals surface area contributed by atoms with E-state index in [0.717, 1.165) is 37.9 Å². The Labute approximate surface area is 131 Å². The quantitative estimate of drug-likeness (QED) is 0.638. The molecule has 0 radical (unpaired) electrons. The van der Waals surface area contributed by atoms with Gasteiger partial charge in [-0.15, -0.1) is 0 Å². The highest BCUT2D eigenvalue weighted by Crippen LogP contribution is 2.29. The number of thioether (sulfide) groups is 1. The number of sulfonamides is 1. The van der Waals surface area contributed by atoms with Gasteiger partial charge in [-0.25, -0.2) is 13.1 Å². The first-order valence-corrected chi connectivity index (χ1v) is 10.3. The molecule has 120 valence electrons. The molecule has 7 heteroatoms. The summed E-state index contributed by atoms with van der Waals surface area (Å²) in [5.41, 5.74) is 0.900. The Morgan fingerprint density at radius 3 is 2.95 bits per heavy atom. The van der Waals surface area contributed by atoms with E-state index in [0.29, 0.717) is 16.7 Å². The molecule has 0 aromatic carbocycles. The van der Waals surface area contributed by atoms with Gasteiger partial charge in [0.25, 0.3) is 0 Å². The van der Waals surface area contributed by atoms with Gasteiger partial charge in [0, 0.05) is 29.7 Å². The Balaban J connectivity index is 1.99. The number of aromatic nitrogens is 1. The van der Waals surface area contributed by atoms with E-state index in [9.17, 15) is 8.42 Å². The van der Waals surface area contributed by atoms with Crippen molar-refractivity contribution in [3.63, 3.8) is 0 Å². The lowest BCUT2D eigenvalue weighted by atomic mass is 10.3. The molecule has 1 saturated carbocycles. The standard InChI is InChI=1S/C14H25N3O2S2/c1-3-7-15-9-11-8-12(10-16-11)21(18,19)17-13-5-4-6-14(13)20-2/h8,10,13-17H,3-7,9H2,1-2H3. The first-order chi connectivity index (χ1) is 10.1. The molecule has 1 aliphatic carbocycles. The molecule has 1 aliphatic rings. The molecular formula is C14H25N3O2S2. The van der Waals surface area contributed by atoms with Gasteiger partial charge >= 0.3 is 0 Å². The van der Waals surface area contributed by atoms with Gasteiger partial charge in [0.2, 0.25) is 10.0 Å². The van der Waals surface area contributed by atoms with E-state index < -0.39 is 10.0 Å². The van der Waals surface area contributed by atoms with Crippen molar-refractivity contribution in [2.75, 3.05) is 12.8 Å². The predicted octanol–water partition coefficient (Wildman–Crippen LogP) is 2.08. The van der Waals surface area contributed by atoms with E-state index in [1.165, 1.54) is 0 Å². The van der Waals surface area contributed by atoms with Gasteiger partial charge in [0.1, 0.15) is 0 Å². The van der Waals surface area contributed by atoms with E-state index >= 15 is 0 Å². The van der Waals surface area contributed by atoms with Crippen molar-refractivity contribution in [1.29, 1.82) is 0 Å². The summed E-state index contributed by atoms with van der Waals surface area (Å²) in [5.74, 6) is 0. The highest BCUT2D eigenvalue weighted by molar-refractivity contribution is 7.99. The SMILES string of the molecule is CCCNCc1cc(S(=O)(=O)NC2CCCC2SC)c[nH]1. The fourth-order valence-corrected chi connectivity index (χ4v) is 5.04. The molecule has 0 amide bonds. The molecule has 3 N–H and O–H groups in total. The van der Waals surface area contributed by atoms with Crippen molar-refractivity contribution in [3.8, 4) is 0 Å². The maximum absolute atomic E-state index is 12.4. The smallest absolute Gasteiger partial charge is 0.242 e. The molecule has 1 fully saturated rings. The largest absolute Gasteiger partial charge is 0.363 e. The van der Waals surface area contributed by atoms with Crippen molar-refractivity contribution in [2.45, 2.75) is 55.3 Å². The van der Waals surface area contributed by atoms with Crippen LogP contribution in [0.3, 0.4) is 0 Å². The molecule has 0 spiro atoms. The zero-order chi connectivity index (χ0) is 15.3. The molecule has 21 heavy (non-hydrogen) atoms. The first kappa shape index (κ1) is 16.9. The minimum Gasteiger partial charge on any atom is -0.363 e. The molecule has 2 unspecified atom stereocenters. The third-order valence-electron chi connectivity index (χ3n) is 3.83. The summed E-state index contributed by atoms with van der Waals surface area (Å²) in [4.78, 5) is 3.37. The Morgan fingerprint density at radius 2 is 2.24 bits per heavy atom. The molecular weight excluding hydrogens is 306 g/mol. The van der Waals surface area contributed by atoms with E-state index in [4.69, 9.17) is 0 Å². The fourth-order valence-electron chi connectivity index (χ4n) is 2.69. The average molecular weight is 332 g/mol. The lowest BCUT2D eigenvalue weighted by Crippen LogP contribution is -2.38. The summed E-state index contributed by atoms with van der Waals surface area (Å²) < 4.78 is 27.7. The summed E-state index contributed by atoms with van der Waals surface area (Å²) in [7, 11) is -3.42. The van der Waals surface area contributed by atoms with E-state index in [1.54, 1.807) is 24.0 Å². The third-order valence-corrected chi connectivity index (χ3v) is 6.47. The second kappa shape index (κ2) is 7.67. The molecule has 0 bridgehead atoms. The van der Waals surface area contributed by atoms with Gasteiger partial charge in [-0.05, 0) is 38.1 Å². The molecule has 5 nitrogen and oxygen atoms in total. The summed E-state index contributed by atoms with van der Waals surface area (Å²) in [6.45, 7) is 3.70. The third kappa shape index (κ3) is 4.48. The Kier molecular flexibility index (Phi) is 6.16. The van der Waals surface area contributed by atoms with Crippen LogP contribution in [-0.4, -0.2) is 37.5 Å². The minimum absolute atomic E-state index is 0.0570. The van der Waals surface area contributed by atoms with Gasteiger partial charge < -0.3 is 10.3 Å². The van der Waals surface area contributed by atoms with Gasteiger partial charge in [-0.1, -0.05) is 13.3 Å². The number of nitrogens with one attached hydrogen (secondary N) is 3. The van der Waals surface area contributed by atoms with Crippen molar-refractivity contribution in [3.05, 3.63) is 18.0 Å². The van der Waals surface area contributed by atoms with Crippen molar-refractivity contribution in [1.82, 2.24) is 15.0 Å². The van der Waals surface area contributed by atoms with Crippen molar-refractivity contribution >= 4 is 21.8 Å². The summed E-state index contributed by atoms with van der Waals surface area (Å²) in [6, 6.07) is 1.77. The summed E-state index contributed by atoms with van der Waals surface area (Å²) in [5, 5.41) is 3.65. The van der Waals surface area contributed by atoms with E-state index in [1.807, 2.05) is 6.26 Å². The topological polar surface area (TPSA) is 74.0 Å². The van der Waals surface area contributed by atoms with Crippen LogP contribution >= 0.6 is 11.8 Å². The number of rotatable bonds is 8. The predicted molar refractivity (Wildman–Crippen MR) is 88.1 cm³/mol. The Bertz CT molecular complexity index is 542. The van der Waals surface area contributed by atoms with Crippen LogP contribution < -0.4 is 10.0 Å². The maximum atomic E-state index is 12.4. The van der Waals surface area contributed by atoms with E-state index in [2.05, 4.69) is 21.9 Å². The highest BCUT2D eigenvalue weighted by atomic mass is 32.2. The lowest BCUT2D eigenvalue weighted by Gasteiger charge is -2.18. The fraction of sp³-hybridized carbons (Fsp3) is 0.714. The first-order valence-electron chi connectivity index (χ1n) is 7.50. The van der Waals surface area contributed by atoms with Crippen LogP contribution in [0, 0.1) is 0 Å². The van der Waals surface area contributed by atoms with Crippen LogP contribution in [0.4, 0.5) is 0 Å².